The molecule has 4 nitrogen and oxygen atoms in total. The second-order valence-electron chi connectivity index (χ2n) is 5.28. The number of carbonyl (C=O) groups is 1. The summed E-state index contributed by atoms with van der Waals surface area (Å²) < 4.78 is 1.89. The van der Waals surface area contributed by atoms with Crippen LogP contribution in [-0.4, -0.2) is 27.4 Å². The predicted octanol–water partition coefficient (Wildman–Crippen LogP) is 3.56. The molecular weight excluding hydrogens is 309 g/mol. The van der Waals surface area contributed by atoms with Gasteiger partial charge in [0.2, 0.25) is 5.91 Å². The molecule has 0 saturated heterocycles. The number of aryl methyl sites for hydroxylation is 1. The molecule has 0 radical (unpaired) electrons. The lowest BCUT2D eigenvalue weighted by molar-refractivity contribution is -0.124. The zero-order chi connectivity index (χ0) is 15.6. The Hall–Kier alpha value is -1.26. The van der Waals surface area contributed by atoms with Crippen LogP contribution in [0.4, 0.5) is 0 Å². The van der Waals surface area contributed by atoms with Crippen LogP contribution in [0.1, 0.15) is 32.6 Å². The Bertz CT molecular complexity index is 652. The van der Waals surface area contributed by atoms with Crippen molar-refractivity contribution >= 4 is 40.1 Å². The summed E-state index contributed by atoms with van der Waals surface area (Å²) in [4.78, 5) is 16.9. The number of nitrogens with one attached hydrogen (secondary N) is 1. The Kier molecular flexibility index (Phi) is 5.12. The molecule has 1 heterocycles. The van der Waals surface area contributed by atoms with Crippen LogP contribution in [-0.2, 0) is 11.2 Å². The van der Waals surface area contributed by atoms with Crippen LogP contribution in [0.5, 0.6) is 0 Å². The molecule has 1 aromatic carbocycles. The first-order valence-corrected chi connectivity index (χ1v) is 7.88. The Morgan fingerprint density at radius 3 is 2.71 bits per heavy atom. The van der Waals surface area contributed by atoms with E-state index in [9.17, 15) is 4.79 Å². The summed E-state index contributed by atoms with van der Waals surface area (Å²) >= 11 is 12.2. The molecule has 0 bridgehead atoms. The third-order valence-electron chi connectivity index (χ3n) is 3.25. The molecule has 0 aliphatic rings. The summed E-state index contributed by atoms with van der Waals surface area (Å²) in [6.45, 7) is 5.71. The monoisotopic (exact) mass is 327 g/mol. The minimum Gasteiger partial charge on any atom is -0.352 e. The largest absolute Gasteiger partial charge is 0.352 e. The molecule has 2 aromatic rings. The average Bonchev–Trinajstić information content (AvgIpc) is 2.77. The van der Waals surface area contributed by atoms with Gasteiger partial charge in [-0.05, 0) is 32.9 Å². The number of alkyl halides is 1. The maximum absolute atomic E-state index is 12.3. The van der Waals surface area contributed by atoms with E-state index in [1.807, 2.05) is 37.5 Å². The Morgan fingerprint density at radius 2 is 2.10 bits per heavy atom. The lowest BCUT2D eigenvalue weighted by atomic mass is 10.2. The Labute approximate surface area is 134 Å². The van der Waals surface area contributed by atoms with Crippen molar-refractivity contribution in [3.63, 3.8) is 0 Å². The van der Waals surface area contributed by atoms with Gasteiger partial charge in [-0.3, -0.25) is 4.79 Å². The van der Waals surface area contributed by atoms with Crippen molar-refractivity contribution in [3.05, 3.63) is 29.0 Å². The average molecular weight is 328 g/mol. The van der Waals surface area contributed by atoms with Crippen molar-refractivity contribution in [1.29, 1.82) is 0 Å². The van der Waals surface area contributed by atoms with Gasteiger partial charge in [0.25, 0.3) is 0 Å². The number of imidazole rings is 1. The summed E-state index contributed by atoms with van der Waals surface area (Å²) in [6.07, 6.45) is 0.589. The lowest BCUT2D eigenvalue weighted by Crippen LogP contribution is -2.36. The molecule has 6 heteroatoms. The van der Waals surface area contributed by atoms with Crippen molar-refractivity contribution in [2.24, 2.45) is 0 Å². The summed E-state index contributed by atoms with van der Waals surface area (Å²) in [5.41, 5.74) is 1.57. The van der Waals surface area contributed by atoms with Crippen LogP contribution in [0.15, 0.2) is 18.2 Å². The molecule has 0 saturated carbocycles. The van der Waals surface area contributed by atoms with Gasteiger partial charge in [-0.2, -0.15) is 0 Å². The molecule has 1 unspecified atom stereocenters. The zero-order valence-electron chi connectivity index (χ0n) is 12.4. The molecule has 1 atom stereocenters. The first kappa shape index (κ1) is 16.1. The van der Waals surface area contributed by atoms with E-state index in [-0.39, 0.29) is 11.9 Å². The number of hydrogen-bond acceptors (Lipinski definition) is 2. The fourth-order valence-electron chi connectivity index (χ4n) is 2.36. The number of benzene rings is 1. The molecule has 2 rings (SSSR count). The van der Waals surface area contributed by atoms with Gasteiger partial charge in [0.1, 0.15) is 11.9 Å². The highest BCUT2D eigenvalue weighted by Gasteiger charge is 2.22. The van der Waals surface area contributed by atoms with Gasteiger partial charge in [-0.25, -0.2) is 4.98 Å². The van der Waals surface area contributed by atoms with E-state index in [2.05, 4.69) is 10.3 Å². The highest BCUT2D eigenvalue weighted by atomic mass is 35.5. The number of halogens is 2. The number of amides is 1. The molecule has 1 N–H and O–H groups in total. The Morgan fingerprint density at radius 1 is 1.38 bits per heavy atom. The van der Waals surface area contributed by atoms with Gasteiger partial charge >= 0.3 is 0 Å². The third-order valence-corrected chi connectivity index (χ3v) is 3.74. The van der Waals surface area contributed by atoms with E-state index in [0.717, 1.165) is 16.9 Å². The first-order valence-electron chi connectivity index (χ1n) is 6.97. The molecule has 0 fully saturated rings. The quantitative estimate of drug-likeness (QED) is 0.853. The molecular formula is C15H19Cl2N3O. The van der Waals surface area contributed by atoms with Crippen LogP contribution < -0.4 is 5.32 Å². The van der Waals surface area contributed by atoms with Gasteiger partial charge in [0.05, 0.1) is 16.1 Å². The van der Waals surface area contributed by atoms with Gasteiger partial charge in [0, 0.05) is 18.3 Å². The van der Waals surface area contributed by atoms with Crippen molar-refractivity contribution in [2.75, 3.05) is 5.88 Å². The van der Waals surface area contributed by atoms with E-state index in [1.165, 1.54) is 0 Å². The van der Waals surface area contributed by atoms with Crippen molar-refractivity contribution < 1.29 is 4.79 Å². The number of hydrogen-bond donors (Lipinski definition) is 1. The number of para-hydroxylation sites is 1. The van der Waals surface area contributed by atoms with E-state index in [0.29, 0.717) is 17.3 Å². The molecule has 0 aliphatic carbocycles. The molecule has 0 spiro atoms. The van der Waals surface area contributed by atoms with E-state index in [1.54, 1.807) is 6.07 Å². The van der Waals surface area contributed by atoms with Gasteiger partial charge in [0.15, 0.2) is 0 Å². The standard InChI is InChI=1S/C15H19Cl2N3O/c1-9(2)18-15(21)10(3)20-13(7-8-16)19-12-6-4-5-11(17)14(12)20/h4-6,9-10H,7-8H2,1-3H3,(H,18,21). The van der Waals surface area contributed by atoms with Crippen LogP contribution in [0.3, 0.4) is 0 Å². The summed E-state index contributed by atoms with van der Waals surface area (Å²) in [6, 6.07) is 5.24. The molecule has 1 amide bonds. The zero-order valence-corrected chi connectivity index (χ0v) is 13.9. The number of nitrogens with zero attached hydrogens (tertiary/aromatic N) is 2. The van der Waals surface area contributed by atoms with Gasteiger partial charge in [-0.1, -0.05) is 17.7 Å². The molecule has 114 valence electrons. The van der Waals surface area contributed by atoms with E-state index >= 15 is 0 Å². The van der Waals surface area contributed by atoms with Crippen molar-refractivity contribution in [3.8, 4) is 0 Å². The second-order valence-corrected chi connectivity index (χ2v) is 6.07. The summed E-state index contributed by atoms with van der Waals surface area (Å²) in [7, 11) is 0. The Balaban J connectivity index is 2.54. The topological polar surface area (TPSA) is 46.9 Å². The number of rotatable bonds is 5. The highest BCUT2D eigenvalue weighted by molar-refractivity contribution is 6.35. The smallest absolute Gasteiger partial charge is 0.243 e. The van der Waals surface area contributed by atoms with E-state index in [4.69, 9.17) is 23.2 Å². The van der Waals surface area contributed by atoms with Crippen LogP contribution in [0.25, 0.3) is 11.0 Å². The van der Waals surface area contributed by atoms with Crippen molar-refractivity contribution in [2.45, 2.75) is 39.3 Å². The minimum absolute atomic E-state index is 0.0555. The summed E-state index contributed by atoms with van der Waals surface area (Å²) in [5.74, 6) is 1.17. The molecule has 21 heavy (non-hydrogen) atoms. The fourth-order valence-corrected chi connectivity index (χ4v) is 2.78. The normalized spacial score (nSPS) is 12.9. The summed E-state index contributed by atoms with van der Waals surface area (Å²) in [5, 5.41) is 3.51. The molecule has 0 aliphatic heterocycles. The second kappa shape index (κ2) is 6.67. The number of fused-ring (bicyclic) bond motifs is 1. The highest BCUT2D eigenvalue weighted by Crippen LogP contribution is 2.28. The van der Waals surface area contributed by atoms with Crippen LogP contribution >= 0.6 is 23.2 Å². The van der Waals surface area contributed by atoms with E-state index < -0.39 is 6.04 Å². The fraction of sp³-hybridized carbons (Fsp3) is 0.467. The predicted molar refractivity (Wildman–Crippen MR) is 87.2 cm³/mol. The maximum Gasteiger partial charge on any atom is 0.243 e. The minimum atomic E-state index is -0.393. The maximum atomic E-state index is 12.3. The third kappa shape index (κ3) is 3.33. The van der Waals surface area contributed by atoms with Crippen LogP contribution in [0.2, 0.25) is 5.02 Å². The molecule has 1 aromatic heterocycles. The number of carbonyl (C=O) groups excluding carboxylic acids is 1. The van der Waals surface area contributed by atoms with Gasteiger partial charge in [-0.15, -0.1) is 11.6 Å². The van der Waals surface area contributed by atoms with Crippen LogP contribution in [0, 0.1) is 0 Å². The number of aromatic nitrogens is 2. The van der Waals surface area contributed by atoms with Crippen molar-refractivity contribution in [1.82, 2.24) is 14.9 Å². The van der Waals surface area contributed by atoms with Gasteiger partial charge < -0.3 is 9.88 Å². The lowest BCUT2D eigenvalue weighted by Gasteiger charge is -2.19. The first-order chi connectivity index (χ1) is 9.95. The SMILES string of the molecule is CC(C)NC(=O)C(C)n1c(CCCl)nc2cccc(Cl)c21.